The summed E-state index contributed by atoms with van der Waals surface area (Å²) in [6.07, 6.45) is 3.08. The number of hydrazone groups is 1. The molecule has 0 spiro atoms. The van der Waals surface area contributed by atoms with Crippen LogP contribution in [-0.2, 0) is 16.0 Å². The van der Waals surface area contributed by atoms with E-state index in [4.69, 9.17) is 26.5 Å². The van der Waals surface area contributed by atoms with Gasteiger partial charge in [0.2, 0.25) is 5.91 Å². The number of hydrogen-bond acceptors (Lipinski definition) is 5. The normalized spacial score (nSPS) is 21.4. The monoisotopic (exact) mass is 403 g/mol. The Kier molecular flexibility index (Phi) is 5.66. The van der Waals surface area contributed by atoms with Gasteiger partial charge in [0.15, 0.2) is 0 Å². The standard InChI is InChI=1S/C20H26ClN5O2/c1-3-16-19(17-5-4-15(21)13-26(17)22-16)20-14(2)12-18(27)25(23-20)7-6-24-8-10-28-11-9-24/h4-5,13-14H,3,6-12H2,1-2H3. The fraction of sp³-hybridized carbons (Fsp3) is 0.550. The quantitative estimate of drug-likeness (QED) is 0.769. The first-order valence-electron chi connectivity index (χ1n) is 9.93. The molecule has 1 saturated heterocycles. The van der Waals surface area contributed by atoms with E-state index in [0.717, 1.165) is 61.8 Å². The van der Waals surface area contributed by atoms with Crippen LogP contribution in [0.25, 0.3) is 5.52 Å². The van der Waals surface area contributed by atoms with Crippen molar-refractivity contribution in [3.63, 3.8) is 0 Å². The van der Waals surface area contributed by atoms with Crippen LogP contribution in [0.1, 0.15) is 31.5 Å². The van der Waals surface area contributed by atoms with Gasteiger partial charge >= 0.3 is 0 Å². The van der Waals surface area contributed by atoms with Crippen LogP contribution < -0.4 is 0 Å². The number of ether oxygens (including phenoxy) is 1. The Morgan fingerprint density at radius 3 is 2.79 bits per heavy atom. The van der Waals surface area contributed by atoms with Crippen LogP contribution in [0, 0.1) is 5.92 Å². The van der Waals surface area contributed by atoms with Crippen LogP contribution in [-0.4, -0.2) is 70.5 Å². The molecule has 0 aliphatic carbocycles. The van der Waals surface area contributed by atoms with E-state index in [1.807, 2.05) is 22.8 Å². The number of nitrogens with zero attached hydrogens (tertiary/aromatic N) is 5. The van der Waals surface area contributed by atoms with Gasteiger partial charge in [-0.15, -0.1) is 0 Å². The average Bonchev–Trinajstić information content (AvgIpc) is 3.05. The fourth-order valence-corrected chi connectivity index (χ4v) is 4.04. The van der Waals surface area contributed by atoms with Crippen molar-refractivity contribution in [2.75, 3.05) is 39.4 Å². The highest BCUT2D eigenvalue weighted by atomic mass is 35.5. The van der Waals surface area contributed by atoms with E-state index in [9.17, 15) is 4.79 Å². The molecule has 0 N–H and O–H groups in total. The van der Waals surface area contributed by atoms with E-state index in [2.05, 4.69) is 18.7 Å². The van der Waals surface area contributed by atoms with E-state index >= 15 is 0 Å². The number of aryl methyl sites for hydroxylation is 1. The molecule has 2 aromatic heterocycles. The van der Waals surface area contributed by atoms with E-state index in [-0.39, 0.29) is 11.8 Å². The van der Waals surface area contributed by atoms with Crippen LogP contribution in [0.4, 0.5) is 0 Å². The summed E-state index contributed by atoms with van der Waals surface area (Å²) in [5, 5.41) is 11.8. The zero-order valence-electron chi connectivity index (χ0n) is 16.4. The van der Waals surface area contributed by atoms with E-state index in [1.165, 1.54) is 0 Å². The molecule has 28 heavy (non-hydrogen) atoms. The maximum atomic E-state index is 12.6. The van der Waals surface area contributed by atoms with Gasteiger partial charge in [0.25, 0.3) is 0 Å². The number of aromatic nitrogens is 2. The Balaban J connectivity index is 1.65. The van der Waals surface area contributed by atoms with Gasteiger partial charge in [0, 0.05) is 43.7 Å². The molecule has 0 aromatic carbocycles. The molecule has 2 aromatic rings. The summed E-state index contributed by atoms with van der Waals surface area (Å²) in [4.78, 5) is 14.9. The molecule has 4 rings (SSSR count). The zero-order valence-corrected chi connectivity index (χ0v) is 17.2. The maximum Gasteiger partial charge on any atom is 0.243 e. The smallest absolute Gasteiger partial charge is 0.243 e. The lowest BCUT2D eigenvalue weighted by molar-refractivity contribution is -0.132. The second kappa shape index (κ2) is 8.19. The van der Waals surface area contributed by atoms with Crippen molar-refractivity contribution in [3.05, 3.63) is 34.6 Å². The summed E-state index contributed by atoms with van der Waals surface area (Å²) in [6, 6.07) is 3.85. The first-order valence-corrected chi connectivity index (χ1v) is 10.3. The molecule has 1 fully saturated rings. The molecule has 7 nitrogen and oxygen atoms in total. The van der Waals surface area contributed by atoms with Crippen LogP contribution in [0.15, 0.2) is 23.4 Å². The van der Waals surface area contributed by atoms with Crippen molar-refractivity contribution in [3.8, 4) is 0 Å². The number of morpholine rings is 1. The second-order valence-corrected chi connectivity index (χ2v) is 7.85. The average molecular weight is 404 g/mol. The SMILES string of the molecule is CCc1nn2cc(Cl)ccc2c1C1=NN(CCN2CCOCC2)C(=O)CC1C. The highest BCUT2D eigenvalue weighted by Gasteiger charge is 2.31. The van der Waals surface area contributed by atoms with Crippen molar-refractivity contribution in [2.45, 2.75) is 26.7 Å². The van der Waals surface area contributed by atoms with E-state index in [0.29, 0.717) is 18.0 Å². The minimum atomic E-state index is 0.0566. The highest BCUT2D eigenvalue weighted by molar-refractivity contribution is 6.30. The van der Waals surface area contributed by atoms with Crippen molar-refractivity contribution >= 4 is 28.7 Å². The molecule has 150 valence electrons. The van der Waals surface area contributed by atoms with E-state index < -0.39 is 0 Å². The highest BCUT2D eigenvalue weighted by Crippen LogP contribution is 2.27. The maximum absolute atomic E-state index is 12.6. The third kappa shape index (κ3) is 3.79. The molecule has 8 heteroatoms. The second-order valence-electron chi connectivity index (χ2n) is 7.41. The predicted molar refractivity (Wildman–Crippen MR) is 109 cm³/mol. The van der Waals surface area contributed by atoms with Gasteiger partial charge in [-0.2, -0.15) is 10.2 Å². The number of fused-ring (bicyclic) bond motifs is 1. The molecule has 0 saturated carbocycles. The zero-order chi connectivity index (χ0) is 19.7. The molecule has 1 unspecified atom stereocenters. The van der Waals surface area contributed by atoms with Gasteiger partial charge in [0.05, 0.1) is 41.7 Å². The van der Waals surface area contributed by atoms with Gasteiger partial charge < -0.3 is 4.74 Å². The number of hydrogen-bond donors (Lipinski definition) is 0. The lowest BCUT2D eigenvalue weighted by Gasteiger charge is -2.31. The summed E-state index contributed by atoms with van der Waals surface area (Å²) in [6.45, 7) is 8.88. The molecule has 1 atom stereocenters. The molecule has 0 radical (unpaired) electrons. The first-order chi connectivity index (χ1) is 13.6. The van der Waals surface area contributed by atoms with Crippen molar-refractivity contribution in [2.24, 2.45) is 11.0 Å². The summed E-state index contributed by atoms with van der Waals surface area (Å²) < 4.78 is 7.22. The summed E-state index contributed by atoms with van der Waals surface area (Å²) in [5.74, 6) is 0.142. The molecule has 2 aliphatic rings. The van der Waals surface area contributed by atoms with Crippen LogP contribution >= 0.6 is 11.6 Å². The number of carbonyl (C=O) groups excluding carboxylic acids is 1. The Hall–Kier alpha value is -1.96. The fourth-order valence-electron chi connectivity index (χ4n) is 3.88. The third-order valence-corrected chi connectivity index (χ3v) is 5.68. The first kappa shape index (κ1) is 19.4. The Morgan fingerprint density at radius 1 is 1.25 bits per heavy atom. The minimum Gasteiger partial charge on any atom is -0.379 e. The Labute approximate surface area is 169 Å². The lowest BCUT2D eigenvalue weighted by Crippen LogP contribution is -2.44. The van der Waals surface area contributed by atoms with Crippen molar-refractivity contribution in [1.82, 2.24) is 19.5 Å². The van der Waals surface area contributed by atoms with Gasteiger partial charge in [-0.3, -0.25) is 9.69 Å². The van der Waals surface area contributed by atoms with Gasteiger partial charge in [0.1, 0.15) is 0 Å². The molecule has 1 amide bonds. The van der Waals surface area contributed by atoms with Crippen molar-refractivity contribution < 1.29 is 9.53 Å². The van der Waals surface area contributed by atoms with Gasteiger partial charge in [-0.1, -0.05) is 25.4 Å². The van der Waals surface area contributed by atoms with Crippen LogP contribution in [0.2, 0.25) is 5.02 Å². The molecule has 4 heterocycles. The summed E-state index contributed by atoms with van der Waals surface area (Å²) in [5.41, 5.74) is 3.94. The number of halogens is 1. The summed E-state index contributed by atoms with van der Waals surface area (Å²) >= 11 is 6.14. The lowest BCUT2D eigenvalue weighted by atomic mass is 9.92. The third-order valence-electron chi connectivity index (χ3n) is 5.45. The Morgan fingerprint density at radius 2 is 2.04 bits per heavy atom. The van der Waals surface area contributed by atoms with Gasteiger partial charge in [-0.05, 0) is 18.6 Å². The van der Waals surface area contributed by atoms with Crippen LogP contribution in [0.3, 0.4) is 0 Å². The Bertz CT molecular complexity index is 903. The van der Waals surface area contributed by atoms with Gasteiger partial charge in [-0.25, -0.2) is 9.52 Å². The number of amides is 1. The molecular weight excluding hydrogens is 378 g/mol. The topological polar surface area (TPSA) is 62.4 Å². The summed E-state index contributed by atoms with van der Waals surface area (Å²) in [7, 11) is 0. The number of carbonyl (C=O) groups is 1. The predicted octanol–water partition coefficient (Wildman–Crippen LogP) is 2.45. The number of pyridine rings is 1. The number of rotatable bonds is 5. The molecule has 0 bridgehead atoms. The van der Waals surface area contributed by atoms with Crippen molar-refractivity contribution in [1.29, 1.82) is 0 Å². The largest absolute Gasteiger partial charge is 0.379 e. The van der Waals surface area contributed by atoms with Crippen LogP contribution in [0.5, 0.6) is 0 Å². The minimum absolute atomic E-state index is 0.0566. The van der Waals surface area contributed by atoms with E-state index in [1.54, 1.807) is 5.01 Å². The molecular formula is C20H26ClN5O2. The molecule has 2 aliphatic heterocycles.